The van der Waals surface area contributed by atoms with Crippen LogP contribution in [0.5, 0.6) is 0 Å². The quantitative estimate of drug-likeness (QED) is 0.388. The van der Waals surface area contributed by atoms with Crippen molar-refractivity contribution in [2.75, 3.05) is 26.2 Å². The van der Waals surface area contributed by atoms with E-state index in [0.29, 0.717) is 12.1 Å². The third-order valence-corrected chi connectivity index (χ3v) is 5.89. The van der Waals surface area contributed by atoms with Crippen molar-refractivity contribution in [1.29, 1.82) is 0 Å². The van der Waals surface area contributed by atoms with E-state index in [0.717, 1.165) is 49.9 Å². The number of carbonyl (C=O) groups is 1. The maximum Gasteiger partial charge on any atom is 0.251 e. The molecule has 3 N–H and O–H groups in total. The van der Waals surface area contributed by atoms with Crippen LogP contribution in [0, 0.1) is 0 Å². The molecule has 0 spiro atoms. The van der Waals surface area contributed by atoms with Crippen LogP contribution in [0.2, 0.25) is 0 Å². The standard InChI is InChI=1S/C25H37N5O2/c1-4-19(3)29-24(31)21-12-10-20(11-13-21)17-27-25(26-5-2)28-18-22(23-9-8-16-32-23)30-14-6-7-15-30/h8-13,16,19,22H,4-7,14-15,17-18H2,1-3H3,(H,29,31)(H2,26,27,28). The summed E-state index contributed by atoms with van der Waals surface area (Å²) in [5.74, 6) is 1.73. The Morgan fingerprint density at radius 2 is 1.88 bits per heavy atom. The summed E-state index contributed by atoms with van der Waals surface area (Å²) in [5, 5.41) is 9.81. The summed E-state index contributed by atoms with van der Waals surface area (Å²) in [4.78, 5) is 19.5. The highest BCUT2D eigenvalue weighted by Gasteiger charge is 2.25. The molecule has 2 heterocycles. The molecule has 1 aromatic heterocycles. The number of aliphatic imine (C=N–C) groups is 1. The van der Waals surface area contributed by atoms with Gasteiger partial charge in [0.15, 0.2) is 5.96 Å². The second-order valence-electron chi connectivity index (χ2n) is 8.33. The van der Waals surface area contributed by atoms with Crippen LogP contribution in [0.25, 0.3) is 0 Å². The number of nitrogens with one attached hydrogen (secondary N) is 3. The van der Waals surface area contributed by atoms with Crippen LogP contribution in [0.4, 0.5) is 0 Å². The van der Waals surface area contributed by atoms with Crippen LogP contribution in [-0.2, 0) is 6.54 Å². The van der Waals surface area contributed by atoms with Crippen molar-refractivity contribution in [3.8, 4) is 0 Å². The number of benzene rings is 1. The maximum absolute atomic E-state index is 12.3. The molecule has 1 amide bonds. The van der Waals surface area contributed by atoms with Crippen molar-refractivity contribution in [2.24, 2.45) is 4.99 Å². The number of amides is 1. The fourth-order valence-electron chi connectivity index (χ4n) is 3.82. The summed E-state index contributed by atoms with van der Waals surface area (Å²) >= 11 is 0. The van der Waals surface area contributed by atoms with Gasteiger partial charge in [0.1, 0.15) is 5.76 Å². The van der Waals surface area contributed by atoms with Crippen molar-refractivity contribution in [3.05, 3.63) is 59.5 Å². The first-order valence-corrected chi connectivity index (χ1v) is 11.8. The molecular weight excluding hydrogens is 402 g/mol. The van der Waals surface area contributed by atoms with Gasteiger partial charge in [-0.25, -0.2) is 4.99 Å². The molecule has 1 saturated heterocycles. The molecule has 0 bridgehead atoms. The molecule has 7 nitrogen and oxygen atoms in total. The van der Waals surface area contributed by atoms with E-state index in [1.165, 1.54) is 12.8 Å². The summed E-state index contributed by atoms with van der Waals surface area (Å²) < 4.78 is 5.72. The number of furan rings is 1. The summed E-state index contributed by atoms with van der Waals surface area (Å²) in [7, 11) is 0. The van der Waals surface area contributed by atoms with Gasteiger partial charge >= 0.3 is 0 Å². The van der Waals surface area contributed by atoms with Gasteiger partial charge in [-0.2, -0.15) is 0 Å². The Balaban J connectivity index is 1.60. The van der Waals surface area contributed by atoms with Crippen molar-refractivity contribution >= 4 is 11.9 Å². The molecule has 32 heavy (non-hydrogen) atoms. The van der Waals surface area contributed by atoms with Crippen LogP contribution in [0.1, 0.15) is 67.8 Å². The average molecular weight is 440 g/mol. The van der Waals surface area contributed by atoms with Gasteiger partial charge in [-0.05, 0) is 76.0 Å². The predicted molar refractivity (Wildman–Crippen MR) is 129 cm³/mol. The van der Waals surface area contributed by atoms with Crippen molar-refractivity contribution in [2.45, 2.75) is 58.7 Å². The number of nitrogens with zero attached hydrogens (tertiary/aromatic N) is 2. The molecular formula is C25H37N5O2. The molecule has 2 aromatic rings. The van der Waals surface area contributed by atoms with E-state index < -0.39 is 0 Å². The number of guanidine groups is 1. The van der Waals surface area contributed by atoms with Gasteiger partial charge in [0.2, 0.25) is 0 Å². The van der Waals surface area contributed by atoms with Crippen LogP contribution in [0.3, 0.4) is 0 Å². The monoisotopic (exact) mass is 439 g/mol. The maximum atomic E-state index is 12.3. The first-order chi connectivity index (χ1) is 15.6. The zero-order valence-electron chi connectivity index (χ0n) is 19.6. The van der Waals surface area contributed by atoms with Crippen LogP contribution >= 0.6 is 0 Å². The van der Waals surface area contributed by atoms with Crippen molar-refractivity contribution in [3.63, 3.8) is 0 Å². The lowest BCUT2D eigenvalue weighted by Gasteiger charge is -2.26. The molecule has 3 rings (SSSR count). The topological polar surface area (TPSA) is 81.9 Å². The molecule has 2 atom stereocenters. The minimum absolute atomic E-state index is 0.0321. The lowest BCUT2D eigenvalue weighted by atomic mass is 10.1. The van der Waals surface area contributed by atoms with Gasteiger partial charge in [0.25, 0.3) is 5.91 Å². The minimum Gasteiger partial charge on any atom is -0.468 e. The number of hydrogen-bond donors (Lipinski definition) is 3. The molecule has 0 aliphatic carbocycles. The molecule has 0 saturated carbocycles. The summed E-state index contributed by atoms with van der Waals surface area (Å²) in [5.41, 5.74) is 1.74. The molecule has 2 unspecified atom stereocenters. The Kier molecular flexibility index (Phi) is 9.16. The molecule has 174 valence electrons. The average Bonchev–Trinajstić information content (AvgIpc) is 3.53. The zero-order chi connectivity index (χ0) is 22.8. The molecule has 1 aromatic carbocycles. The predicted octanol–water partition coefficient (Wildman–Crippen LogP) is 3.70. The first kappa shape index (κ1) is 23.9. The number of likely N-dealkylation sites (tertiary alicyclic amines) is 1. The largest absolute Gasteiger partial charge is 0.468 e. The third kappa shape index (κ3) is 6.85. The van der Waals surface area contributed by atoms with Crippen molar-refractivity contribution < 1.29 is 9.21 Å². The molecule has 1 aliphatic heterocycles. The Morgan fingerprint density at radius 3 is 2.50 bits per heavy atom. The van der Waals surface area contributed by atoms with Crippen LogP contribution < -0.4 is 16.0 Å². The Hall–Kier alpha value is -2.80. The summed E-state index contributed by atoms with van der Waals surface area (Å²) in [6.07, 6.45) is 5.12. The van der Waals surface area contributed by atoms with E-state index in [4.69, 9.17) is 9.41 Å². The van der Waals surface area contributed by atoms with E-state index in [9.17, 15) is 4.79 Å². The number of rotatable bonds is 10. The second kappa shape index (κ2) is 12.3. The summed E-state index contributed by atoms with van der Waals surface area (Å²) in [6.45, 7) is 10.4. The van der Waals surface area contributed by atoms with Crippen molar-refractivity contribution in [1.82, 2.24) is 20.9 Å². The zero-order valence-corrected chi connectivity index (χ0v) is 19.6. The first-order valence-electron chi connectivity index (χ1n) is 11.8. The van der Waals surface area contributed by atoms with Gasteiger partial charge < -0.3 is 20.4 Å². The molecule has 0 radical (unpaired) electrons. The Bertz CT molecular complexity index is 842. The van der Waals surface area contributed by atoms with E-state index in [-0.39, 0.29) is 18.0 Å². The molecule has 1 fully saturated rings. The van der Waals surface area contributed by atoms with Gasteiger partial charge in [0, 0.05) is 24.7 Å². The molecule has 1 aliphatic rings. The number of hydrogen-bond acceptors (Lipinski definition) is 4. The van der Waals surface area contributed by atoms with Crippen LogP contribution in [0.15, 0.2) is 52.1 Å². The normalized spacial score (nSPS) is 16.5. The van der Waals surface area contributed by atoms with Gasteiger partial charge in [0.05, 0.1) is 18.8 Å². The number of carbonyl (C=O) groups excluding carboxylic acids is 1. The van der Waals surface area contributed by atoms with E-state index in [1.807, 2.05) is 43.3 Å². The highest BCUT2D eigenvalue weighted by atomic mass is 16.3. The lowest BCUT2D eigenvalue weighted by molar-refractivity contribution is 0.0939. The lowest BCUT2D eigenvalue weighted by Crippen LogP contribution is -2.42. The highest BCUT2D eigenvalue weighted by molar-refractivity contribution is 5.94. The van der Waals surface area contributed by atoms with E-state index in [2.05, 4.69) is 34.7 Å². The fourth-order valence-corrected chi connectivity index (χ4v) is 3.82. The van der Waals surface area contributed by atoms with Crippen LogP contribution in [-0.4, -0.2) is 49.0 Å². The van der Waals surface area contributed by atoms with E-state index >= 15 is 0 Å². The summed E-state index contributed by atoms with van der Waals surface area (Å²) in [6, 6.07) is 12.0. The van der Waals surface area contributed by atoms with E-state index in [1.54, 1.807) is 6.26 Å². The fraction of sp³-hybridized carbons (Fsp3) is 0.520. The minimum atomic E-state index is -0.0321. The third-order valence-electron chi connectivity index (χ3n) is 5.89. The highest BCUT2D eigenvalue weighted by Crippen LogP contribution is 2.24. The SMILES string of the molecule is CCNC(=NCc1ccc(C(=O)NC(C)CC)cc1)NCC(c1ccco1)N1CCCC1. The Labute approximate surface area is 191 Å². The van der Waals surface area contributed by atoms with Gasteiger partial charge in [-0.1, -0.05) is 19.1 Å². The smallest absolute Gasteiger partial charge is 0.251 e. The second-order valence-corrected chi connectivity index (χ2v) is 8.33. The molecule has 7 heteroatoms. The van der Waals surface area contributed by atoms with Gasteiger partial charge in [-0.15, -0.1) is 0 Å². The Morgan fingerprint density at radius 1 is 1.12 bits per heavy atom. The van der Waals surface area contributed by atoms with Gasteiger partial charge in [-0.3, -0.25) is 9.69 Å².